The molecular weight excluding hydrogens is 450 g/mol. The van der Waals surface area contributed by atoms with Gasteiger partial charge < -0.3 is 10.6 Å². The Morgan fingerprint density at radius 3 is 2.55 bits per heavy atom. The SMILES string of the molecule is CCc1nnc(NS(=O)(=O)c2ccc(NC(=S)NC(=O)Cc3cccs3)cc2)s1. The molecule has 3 N–H and O–H groups in total. The number of hydrogen-bond donors (Lipinski definition) is 3. The zero-order valence-electron chi connectivity index (χ0n) is 15.2. The van der Waals surface area contributed by atoms with Crippen molar-refractivity contribution in [3.8, 4) is 0 Å². The average Bonchev–Trinajstić information content (AvgIpc) is 3.33. The molecule has 0 saturated carbocycles. The minimum Gasteiger partial charge on any atom is -0.332 e. The molecule has 0 radical (unpaired) electrons. The maximum absolute atomic E-state index is 12.5. The number of carbonyl (C=O) groups is 1. The fourth-order valence-corrected chi connectivity index (χ4v) is 5.08. The van der Waals surface area contributed by atoms with E-state index in [4.69, 9.17) is 12.2 Å². The summed E-state index contributed by atoms with van der Waals surface area (Å²) in [5.41, 5.74) is 0.551. The topological polar surface area (TPSA) is 113 Å². The summed E-state index contributed by atoms with van der Waals surface area (Å²) < 4.78 is 27.3. The predicted octanol–water partition coefficient (Wildman–Crippen LogP) is 3.02. The summed E-state index contributed by atoms with van der Waals surface area (Å²) >= 11 is 7.82. The van der Waals surface area contributed by atoms with Crippen LogP contribution in [0.25, 0.3) is 0 Å². The monoisotopic (exact) mass is 467 g/mol. The van der Waals surface area contributed by atoms with Gasteiger partial charge in [-0.1, -0.05) is 24.3 Å². The Kier molecular flexibility index (Phi) is 6.90. The summed E-state index contributed by atoms with van der Waals surface area (Å²) in [6.45, 7) is 1.92. The zero-order valence-corrected chi connectivity index (χ0v) is 18.5. The number of thiocarbonyl (C=S) groups is 1. The van der Waals surface area contributed by atoms with Gasteiger partial charge in [0, 0.05) is 10.6 Å². The van der Waals surface area contributed by atoms with Crippen molar-refractivity contribution in [2.45, 2.75) is 24.7 Å². The number of nitrogens with zero attached hydrogens (tertiary/aromatic N) is 2. The molecule has 0 aliphatic carbocycles. The fourth-order valence-electron chi connectivity index (χ4n) is 2.23. The number of benzene rings is 1. The van der Waals surface area contributed by atoms with E-state index in [9.17, 15) is 13.2 Å². The molecule has 1 aromatic carbocycles. The first kappa shape index (κ1) is 21.3. The molecule has 0 unspecified atom stereocenters. The molecule has 29 heavy (non-hydrogen) atoms. The van der Waals surface area contributed by atoms with Gasteiger partial charge in [-0.2, -0.15) is 0 Å². The Hall–Kier alpha value is -2.41. The van der Waals surface area contributed by atoms with Crippen LogP contribution in [0.1, 0.15) is 16.8 Å². The van der Waals surface area contributed by atoms with Crippen molar-refractivity contribution in [3.63, 3.8) is 0 Å². The molecule has 152 valence electrons. The lowest BCUT2D eigenvalue weighted by molar-refractivity contribution is -0.118. The van der Waals surface area contributed by atoms with Crippen LogP contribution in [-0.2, 0) is 27.7 Å². The van der Waals surface area contributed by atoms with E-state index in [0.717, 1.165) is 9.88 Å². The lowest BCUT2D eigenvalue weighted by Gasteiger charge is -2.10. The molecule has 0 fully saturated rings. The molecular formula is C17H17N5O3S4. The van der Waals surface area contributed by atoms with Crippen LogP contribution in [0.15, 0.2) is 46.7 Å². The van der Waals surface area contributed by atoms with Crippen LogP contribution in [0, 0.1) is 0 Å². The van der Waals surface area contributed by atoms with Crippen LogP contribution in [0.2, 0.25) is 0 Å². The third kappa shape index (κ3) is 6.03. The van der Waals surface area contributed by atoms with Crippen LogP contribution in [-0.4, -0.2) is 29.6 Å². The van der Waals surface area contributed by atoms with Crippen molar-refractivity contribution in [2.24, 2.45) is 0 Å². The van der Waals surface area contributed by atoms with Crippen LogP contribution < -0.4 is 15.4 Å². The molecule has 2 aromatic heterocycles. The average molecular weight is 468 g/mol. The van der Waals surface area contributed by atoms with Gasteiger partial charge in [-0.15, -0.1) is 21.5 Å². The number of aryl methyl sites for hydroxylation is 1. The molecule has 1 amide bonds. The standard InChI is InChI=1S/C17H17N5O3S4/c1-2-15-20-21-17(28-15)22-29(24,25)13-7-5-11(6-8-13)18-16(26)19-14(23)10-12-4-3-9-27-12/h3-9H,2,10H2,1H3,(H,21,22)(H2,18,19,23,26). The lowest BCUT2D eigenvalue weighted by Crippen LogP contribution is -2.35. The molecule has 3 rings (SSSR count). The third-order valence-corrected chi connectivity index (χ3v) is 7.13. The number of rotatable bonds is 7. The Labute approximate surface area is 181 Å². The van der Waals surface area contributed by atoms with Crippen molar-refractivity contribution in [1.29, 1.82) is 0 Å². The van der Waals surface area contributed by atoms with Crippen LogP contribution >= 0.6 is 34.9 Å². The highest BCUT2D eigenvalue weighted by Crippen LogP contribution is 2.21. The number of carbonyl (C=O) groups excluding carboxylic acids is 1. The van der Waals surface area contributed by atoms with E-state index < -0.39 is 10.0 Å². The summed E-state index contributed by atoms with van der Waals surface area (Å²) in [4.78, 5) is 13.0. The number of thiophene rings is 1. The fraction of sp³-hybridized carbons (Fsp3) is 0.176. The van der Waals surface area contributed by atoms with E-state index >= 15 is 0 Å². The van der Waals surface area contributed by atoms with Crippen LogP contribution in [0.3, 0.4) is 0 Å². The van der Waals surface area contributed by atoms with Gasteiger partial charge in [-0.05, 0) is 54.4 Å². The second-order valence-corrected chi connectivity index (χ2v) is 9.93. The van der Waals surface area contributed by atoms with E-state index in [-0.39, 0.29) is 27.5 Å². The summed E-state index contributed by atoms with van der Waals surface area (Å²) in [6.07, 6.45) is 0.928. The molecule has 3 aromatic rings. The Bertz CT molecular complexity index is 1090. The van der Waals surface area contributed by atoms with Crippen molar-refractivity contribution in [2.75, 3.05) is 10.0 Å². The van der Waals surface area contributed by atoms with Gasteiger partial charge >= 0.3 is 0 Å². The van der Waals surface area contributed by atoms with Crippen LogP contribution in [0.4, 0.5) is 10.8 Å². The Morgan fingerprint density at radius 1 is 1.17 bits per heavy atom. The van der Waals surface area contributed by atoms with Gasteiger partial charge in [-0.25, -0.2) is 8.42 Å². The van der Waals surface area contributed by atoms with E-state index in [0.29, 0.717) is 12.1 Å². The van der Waals surface area contributed by atoms with Gasteiger partial charge in [0.25, 0.3) is 10.0 Å². The molecule has 0 saturated heterocycles. The highest BCUT2D eigenvalue weighted by Gasteiger charge is 2.17. The number of amides is 1. The smallest absolute Gasteiger partial charge is 0.263 e. The molecule has 2 heterocycles. The minimum absolute atomic E-state index is 0.0731. The number of hydrogen-bond acceptors (Lipinski definition) is 8. The zero-order chi connectivity index (χ0) is 20.9. The van der Waals surface area contributed by atoms with Crippen LogP contribution in [0.5, 0.6) is 0 Å². The summed E-state index contributed by atoms with van der Waals surface area (Å²) in [5, 5.41) is 16.2. The third-order valence-electron chi connectivity index (χ3n) is 3.58. The van der Waals surface area contributed by atoms with Crippen molar-refractivity contribution in [3.05, 3.63) is 51.7 Å². The maximum atomic E-state index is 12.5. The molecule has 0 atom stereocenters. The second-order valence-electron chi connectivity index (χ2n) is 5.74. The number of aromatic nitrogens is 2. The molecule has 8 nitrogen and oxygen atoms in total. The number of anilines is 2. The van der Waals surface area contributed by atoms with Crippen molar-refractivity contribution in [1.82, 2.24) is 15.5 Å². The van der Waals surface area contributed by atoms with Gasteiger partial charge in [0.1, 0.15) is 5.01 Å². The van der Waals surface area contributed by atoms with Gasteiger partial charge in [0.15, 0.2) is 5.11 Å². The Morgan fingerprint density at radius 2 is 1.93 bits per heavy atom. The molecule has 0 aliphatic heterocycles. The lowest BCUT2D eigenvalue weighted by atomic mass is 10.3. The summed E-state index contributed by atoms with van der Waals surface area (Å²) in [5.74, 6) is -0.225. The maximum Gasteiger partial charge on any atom is 0.263 e. The molecule has 0 bridgehead atoms. The van der Waals surface area contributed by atoms with E-state index in [1.54, 1.807) is 12.1 Å². The number of nitrogens with one attached hydrogen (secondary N) is 3. The summed E-state index contributed by atoms with van der Waals surface area (Å²) in [6, 6.07) is 9.74. The minimum atomic E-state index is -3.77. The number of sulfonamides is 1. The largest absolute Gasteiger partial charge is 0.332 e. The first-order chi connectivity index (χ1) is 13.9. The van der Waals surface area contributed by atoms with E-state index in [2.05, 4.69) is 25.6 Å². The summed E-state index contributed by atoms with van der Waals surface area (Å²) in [7, 11) is -3.77. The first-order valence-corrected chi connectivity index (χ1v) is 12.0. The van der Waals surface area contributed by atoms with E-state index in [1.807, 2.05) is 24.4 Å². The van der Waals surface area contributed by atoms with E-state index in [1.165, 1.54) is 34.8 Å². The quantitative estimate of drug-likeness (QED) is 0.458. The molecule has 12 heteroatoms. The van der Waals surface area contributed by atoms with Gasteiger partial charge in [0.2, 0.25) is 11.0 Å². The first-order valence-electron chi connectivity index (χ1n) is 8.44. The molecule has 0 aliphatic rings. The normalized spacial score (nSPS) is 11.1. The van der Waals surface area contributed by atoms with Crippen molar-refractivity contribution >= 4 is 66.8 Å². The second kappa shape index (κ2) is 9.39. The van der Waals surface area contributed by atoms with Gasteiger partial charge in [-0.3, -0.25) is 9.52 Å². The molecule has 0 spiro atoms. The Balaban J connectivity index is 1.57. The highest BCUT2D eigenvalue weighted by molar-refractivity contribution is 7.93. The highest BCUT2D eigenvalue weighted by atomic mass is 32.2. The van der Waals surface area contributed by atoms with Crippen molar-refractivity contribution < 1.29 is 13.2 Å². The predicted molar refractivity (Wildman–Crippen MR) is 119 cm³/mol. The van der Waals surface area contributed by atoms with Gasteiger partial charge in [0.05, 0.1) is 11.3 Å².